The van der Waals surface area contributed by atoms with Gasteiger partial charge in [0.2, 0.25) is 0 Å². The number of hydrogen-bond acceptors (Lipinski definition) is 2. The molecule has 0 aliphatic carbocycles. The van der Waals surface area contributed by atoms with E-state index in [1.165, 1.54) is 35.1 Å². The lowest BCUT2D eigenvalue weighted by atomic mass is 9.80. The van der Waals surface area contributed by atoms with Crippen LogP contribution in [0.5, 0.6) is 0 Å². The summed E-state index contributed by atoms with van der Waals surface area (Å²) in [7, 11) is 0. The summed E-state index contributed by atoms with van der Waals surface area (Å²) in [5.74, 6) is 0. The molecule has 0 saturated carbocycles. The van der Waals surface area contributed by atoms with E-state index >= 15 is 0 Å². The number of aromatic nitrogens is 3. The van der Waals surface area contributed by atoms with Gasteiger partial charge in [-0.3, -0.25) is 5.10 Å². The average molecular weight is 307 g/mol. The van der Waals surface area contributed by atoms with Crippen molar-refractivity contribution in [1.82, 2.24) is 15.4 Å². The second-order valence-electron chi connectivity index (χ2n) is 7.21. The molecule has 0 radical (unpaired) electrons. The Balaban J connectivity index is 2.28. The van der Waals surface area contributed by atoms with Crippen molar-refractivity contribution in [1.29, 1.82) is 0 Å². The summed E-state index contributed by atoms with van der Waals surface area (Å²) < 4.78 is 0. The fourth-order valence-electron chi connectivity index (χ4n) is 3.19. The van der Waals surface area contributed by atoms with Crippen LogP contribution >= 0.6 is 0 Å². The standard InChI is InChI=1S/C20H25N3/c1-5-6-9-14-12-13-17-19(22-23-21-17)18(14)15-10-7-8-11-16(15)20(2,3)4/h7-8,10-13H,5-6,9H2,1-4H3,(H,21,22,23). The number of H-pyrrole nitrogens is 1. The van der Waals surface area contributed by atoms with Gasteiger partial charge in [-0.05, 0) is 41.0 Å². The van der Waals surface area contributed by atoms with Crippen molar-refractivity contribution >= 4 is 11.0 Å². The number of rotatable bonds is 4. The number of fused-ring (bicyclic) bond motifs is 1. The van der Waals surface area contributed by atoms with E-state index in [-0.39, 0.29) is 5.41 Å². The maximum Gasteiger partial charge on any atom is 0.121 e. The van der Waals surface area contributed by atoms with Crippen molar-refractivity contribution in [2.45, 2.75) is 52.4 Å². The molecule has 0 fully saturated rings. The zero-order valence-corrected chi connectivity index (χ0v) is 14.5. The van der Waals surface area contributed by atoms with E-state index in [9.17, 15) is 0 Å². The van der Waals surface area contributed by atoms with Crippen LogP contribution in [0.4, 0.5) is 0 Å². The number of aryl methyl sites for hydroxylation is 1. The Bertz CT molecular complexity index is 809. The number of nitrogens with one attached hydrogen (secondary N) is 1. The van der Waals surface area contributed by atoms with E-state index in [1.807, 2.05) is 0 Å². The minimum atomic E-state index is 0.0878. The molecule has 3 nitrogen and oxygen atoms in total. The summed E-state index contributed by atoms with van der Waals surface area (Å²) in [4.78, 5) is 0. The van der Waals surface area contributed by atoms with Crippen molar-refractivity contribution < 1.29 is 0 Å². The van der Waals surface area contributed by atoms with Crippen molar-refractivity contribution in [3.63, 3.8) is 0 Å². The van der Waals surface area contributed by atoms with E-state index in [4.69, 9.17) is 0 Å². The average Bonchev–Trinajstić information content (AvgIpc) is 3.00. The highest BCUT2D eigenvalue weighted by Crippen LogP contribution is 2.38. The van der Waals surface area contributed by atoms with Crippen LogP contribution in [0.15, 0.2) is 36.4 Å². The third-order valence-electron chi connectivity index (χ3n) is 4.39. The number of benzene rings is 2. The lowest BCUT2D eigenvalue weighted by Crippen LogP contribution is -2.13. The van der Waals surface area contributed by atoms with Crippen LogP contribution in [-0.4, -0.2) is 15.4 Å². The SMILES string of the molecule is CCCCc1ccc2[nH]nnc2c1-c1ccccc1C(C)(C)C. The second-order valence-corrected chi connectivity index (χ2v) is 7.21. The molecule has 0 saturated heterocycles. The summed E-state index contributed by atoms with van der Waals surface area (Å²) in [5.41, 5.74) is 7.32. The Morgan fingerprint density at radius 3 is 2.57 bits per heavy atom. The van der Waals surface area contributed by atoms with Gasteiger partial charge in [0.1, 0.15) is 5.52 Å². The third kappa shape index (κ3) is 3.00. The van der Waals surface area contributed by atoms with Gasteiger partial charge in [0.25, 0.3) is 0 Å². The van der Waals surface area contributed by atoms with Gasteiger partial charge in [-0.15, -0.1) is 5.10 Å². The van der Waals surface area contributed by atoms with Gasteiger partial charge in [0.05, 0.1) is 5.52 Å². The van der Waals surface area contributed by atoms with Gasteiger partial charge < -0.3 is 0 Å². The van der Waals surface area contributed by atoms with E-state index < -0.39 is 0 Å². The summed E-state index contributed by atoms with van der Waals surface area (Å²) in [6, 6.07) is 13.0. The smallest absolute Gasteiger partial charge is 0.121 e. The molecule has 120 valence electrons. The Morgan fingerprint density at radius 1 is 1.04 bits per heavy atom. The fourth-order valence-corrected chi connectivity index (χ4v) is 3.19. The minimum absolute atomic E-state index is 0.0878. The fraction of sp³-hybridized carbons (Fsp3) is 0.400. The Labute approximate surface area is 138 Å². The maximum atomic E-state index is 4.38. The predicted octanol–water partition coefficient (Wildman–Crippen LogP) is 5.27. The van der Waals surface area contributed by atoms with Gasteiger partial charge in [-0.1, -0.05) is 69.7 Å². The van der Waals surface area contributed by atoms with Crippen LogP contribution < -0.4 is 0 Å². The predicted molar refractivity (Wildman–Crippen MR) is 96.6 cm³/mol. The molecule has 0 bridgehead atoms. The highest BCUT2D eigenvalue weighted by molar-refractivity contribution is 5.94. The first kappa shape index (κ1) is 15.7. The van der Waals surface area contributed by atoms with Crippen LogP contribution in [-0.2, 0) is 11.8 Å². The van der Waals surface area contributed by atoms with Crippen LogP contribution in [0.25, 0.3) is 22.2 Å². The highest BCUT2D eigenvalue weighted by atomic mass is 15.3. The molecular formula is C20H25N3. The first-order valence-electron chi connectivity index (χ1n) is 8.45. The van der Waals surface area contributed by atoms with Crippen molar-refractivity contribution in [3.05, 3.63) is 47.5 Å². The molecule has 0 aliphatic heterocycles. The van der Waals surface area contributed by atoms with Gasteiger partial charge in [-0.25, -0.2) is 0 Å². The molecule has 3 rings (SSSR count). The molecule has 2 aromatic carbocycles. The van der Waals surface area contributed by atoms with E-state index in [1.54, 1.807) is 0 Å². The molecule has 0 unspecified atom stereocenters. The lowest BCUT2D eigenvalue weighted by molar-refractivity contribution is 0.592. The zero-order valence-electron chi connectivity index (χ0n) is 14.5. The monoisotopic (exact) mass is 307 g/mol. The van der Waals surface area contributed by atoms with Gasteiger partial charge in [-0.2, -0.15) is 0 Å². The molecule has 1 heterocycles. The molecule has 0 aliphatic rings. The lowest BCUT2D eigenvalue weighted by Gasteiger charge is -2.24. The zero-order chi connectivity index (χ0) is 16.4. The molecular weight excluding hydrogens is 282 g/mol. The van der Waals surface area contributed by atoms with Crippen LogP contribution in [0.3, 0.4) is 0 Å². The number of nitrogens with zero attached hydrogens (tertiary/aromatic N) is 2. The molecule has 1 aromatic heterocycles. The number of aromatic amines is 1. The topological polar surface area (TPSA) is 41.6 Å². The molecule has 0 spiro atoms. The minimum Gasteiger partial charge on any atom is -0.258 e. The Morgan fingerprint density at radius 2 is 1.83 bits per heavy atom. The summed E-state index contributed by atoms with van der Waals surface area (Å²) in [6.45, 7) is 9.03. The number of unbranched alkanes of at least 4 members (excludes halogenated alkanes) is 1. The highest BCUT2D eigenvalue weighted by Gasteiger charge is 2.22. The molecule has 23 heavy (non-hydrogen) atoms. The molecule has 0 atom stereocenters. The van der Waals surface area contributed by atoms with Crippen LogP contribution in [0, 0.1) is 0 Å². The first-order chi connectivity index (χ1) is 11.0. The first-order valence-corrected chi connectivity index (χ1v) is 8.45. The number of hydrogen-bond donors (Lipinski definition) is 1. The molecule has 3 heteroatoms. The second kappa shape index (κ2) is 6.15. The summed E-state index contributed by atoms with van der Waals surface area (Å²) in [6.07, 6.45) is 3.46. The van der Waals surface area contributed by atoms with Crippen LogP contribution in [0.2, 0.25) is 0 Å². The Kier molecular flexibility index (Phi) is 4.20. The van der Waals surface area contributed by atoms with Gasteiger partial charge in [0.15, 0.2) is 0 Å². The Hall–Kier alpha value is -2.16. The van der Waals surface area contributed by atoms with Crippen molar-refractivity contribution in [3.8, 4) is 11.1 Å². The quantitative estimate of drug-likeness (QED) is 0.714. The summed E-state index contributed by atoms with van der Waals surface area (Å²) >= 11 is 0. The van der Waals surface area contributed by atoms with Crippen molar-refractivity contribution in [2.24, 2.45) is 0 Å². The molecule has 3 aromatic rings. The largest absolute Gasteiger partial charge is 0.258 e. The molecule has 1 N–H and O–H groups in total. The van der Waals surface area contributed by atoms with Gasteiger partial charge in [0, 0.05) is 5.56 Å². The van der Waals surface area contributed by atoms with Crippen LogP contribution in [0.1, 0.15) is 51.7 Å². The summed E-state index contributed by atoms with van der Waals surface area (Å²) in [5, 5.41) is 11.4. The normalized spacial score (nSPS) is 12.0. The van der Waals surface area contributed by atoms with Gasteiger partial charge >= 0.3 is 0 Å². The third-order valence-corrected chi connectivity index (χ3v) is 4.39. The van der Waals surface area contributed by atoms with E-state index in [2.05, 4.69) is 79.5 Å². The van der Waals surface area contributed by atoms with Crippen molar-refractivity contribution in [2.75, 3.05) is 0 Å². The maximum absolute atomic E-state index is 4.38. The van der Waals surface area contributed by atoms with E-state index in [0.29, 0.717) is 0 Å². The van der Waals surface area contributed by atoms with E-state index in [0.717, 1.165) is 17.5 Å². The molecule has 0 amide bonds.